The summed E-state index contributed by atoms with van der Waals surface area (Å²) >= 11 is 0. The first-order chi connectivity index (χ1) is 11.6. The lowest BCUT2D eigenvalue weighted by atomic mass is 10.3. The monoisotopic (exact) mass is 326 g/mol. The topological polar surface area (TPSA) is 93.4 Å². The molecule has 3 rings (SSSR count). The van der Waals surface area contributed by atoms with E-state index in [4.69, 9.17) is 4.74 Å². The Kier molecular flexibility index (Phi) is 4.55. The van der Waals surface area contributed by atoms with Gasteiger partial charge >= 0.3 is 0 Å². The van der Waals surface area contributed by atoms with Crippen LogP contribution in [0.15, 0.2) is 36.4 Å². The smallest absolute Gasteiger partial charge is 0.221 e. The molecule has 2 N–H and O–H groups in total. The van der Waals surface area contributed by atoms with Gasteiger partial charge in [0.15, 0.2) is 11.5 Å². The van der Waals surface area contributed by atoms with Gasteiger partial charge in [0.1, 0.15) is 18.2 Å². The van der Waals surface area contributed by atoms with Gasteiger partial charge in [0.25, 0.3) is 0 Å². The summed E-state index contributed by atoms with van der Waals surface area (Å²) in [5, 5.41) is 18.3. The van der Waals surface area contributed by atoms with E-state index >= 15 is 0 Å². The number of hydrogen-bond donors (Lipinski definition) is 2. The molecule has 0 aliphatic carbocycles. The van der Waals surface area contributed by atoms with Crippen molar-refractivity contribution in [3.8, 4) is 5.75 Å². The number of fused-ring (bicyclic) bond motifs is 1. The van der Waals surface area contributed by atoms with E-state index in [2.05, 4.69) is 25.9 Å². The summed E-state index contributed by atoms with van der Waals surface area (Å²) in [5.74, 6) is 2.04. The molecule has 24 heavy (non-hydrogen) atoms. The van der Waals surface area contributed by atoms with Crippen LogP contribution in [0.2, 0.25) is 0 Å². The predicted molar refractivity (Wildman–Crippen MR) is 90.2 cm³/mol. The SMILES string of the molecule is CC(=O)Nc1cccc(OCCNc2ccc3nnc(C)n3n2)c1. The number of carbonyl (C=O) groups excluding carboxylic acids is 1. The van der Waals surface area contributed by atoms with Crippen molar-refractivity contribution in [1.29, 1.82) is 0 Å². The zero-order valence-corrected chi connectivity index (χ0v) is 13.5. The highest BCUT2D eigenvalue weighted by Crippen LogP contribution is 2.17. The van der Waals surface area contributed by atoms with Crippen molar-refractivity contribution in [2.24, 2.45) is 0 Å². The Bertz CT molecular complexity index is 861. The van der Waals surface area contributed by atoms with E-state index in [-0.39, 0.29) is 5.91 Å². The summed E-state index contributed by atoms with van der Waals surface area (Å²) in [5.41, 5.74) is 1.42. The molecule has 1 amide bonds. The second kappa shape index (κ2) is 6.95. The van der Waals surface area contributed by atoms with Crippen molar-refractivity contribution in [3.63, 3.8) is 0 Å². The standard InChI is InChI=1S/C16H18N6O2/c1-11-19-20-16-7-6-15(21-22(11)16)17-8-9-24-14-5-3-4-13(10-14)18-12(2)23/h3-7,10H,8-9H2,1-2H3,(H,17,21)(H,18,23). The van der Waals surface area contributed by atoms with E-state index in [9.17, 15) is 4.79 Å². The molecule has 0 fully saturated rings. The minimum Gasteiger partial charge on any atom is -0.492 e. The van der Waals surface area contributed by atoms with Crippen molar-refractivity contribution < 1.29 is 9.53 Å². The van der Waals surface area contributed by atoms with Crippen LogP contribution in [0.5, 0.6) is 5.75 Å². The zero-order chi connectivity index (χ0) is 16.9. The van der Waals surface area contributed by atoms with Crippen LogP contribution < -0.4 is 15.4 Å². The lowest BCUT2D eigenvalue weighted by Crippen LogP contribution is -2.13. The van der Waals surface area contributed by atoms with Gasteiger partial charge in [-0.2, -0.15) is 4.52 Å². The van der Waals surface area contributed by atoms with Crippen molar-refractivity contribution in [1.82, 2.24) is 19.8 Å². The fourth-order valence-corrected chi connectivity index (χ4v) is 2.21. The molecule has 8 heteroatoms. The lowest BCUT2D eigenvalue weighted by Gasteiger charge is -2.09. The first kappa shape index (κ1) is 15.7. The summed E-state index contributed by atoms with van der Waals surface area (Å²) in [4.78, 5) is 11.1. The largest absolute Gasteiger partial charge is 0.492 e. The maximum Gasteiger partial charge on any atom is 0.221 e. The van der Waals surface area contributed by atoms with E-state index in [1.165, 1.54) is 6.92 Å². The van der Waals surface area contributed by atoms with E-state index in [0.29, 0.717) is 30.2 Å². The molecular formula is C16H18N6O2. The number of aromatic nitrogens is 4. The molecular weight excluding hydrogens is 308 g/mol. The Hall–Kier alpha value is -3.16. The van der Waals surface area contributed by atoms with Crippen LogP contribution in [0.1, 0.15) is 12.7 Å². The Morgan fingerprint density at radius 1 is 1.25 bits per heavy atom. The molecule has 0 aliphatic rings. The quantitative estimate of drug-likeness (QED) is 0.672. The Morgan fingerprint density at radius 2 is 2.12 bits per heavy atom. The molecule has 0 atom stereocenters. The lowest BCUT2D eigenvalue weighted by molar-refractivity contribution is -0.114. The molecule has 0 unspecified atom stereocenters. The second-order valence-corrected chi connectivity index (χ2v) is 5.22. The molecule has 8 nitrogen and oxygen atoms in total. The fraction of sp³-hybridized carbons (Fsp3) is 0.250. The summed E-state index contributed by atoms with van der Waals surface area (Å²) in [6, 6.07) is 11.0. The van der Waals surface area contributed by atoms with Crippen molar-refractivity contribution in [2.75, 3.05) is 23.8 Å². The molecule has 124 valence electrons. The van der Waals surface area contributed by atoms with Gasteiger partial charge in [0.2, 0.25) is 5.91 Å². The summed E-state index contributed by atoms with van der Waals surface area (Å²) < 4.78 is 7.35. The molecule has 0 spiro atoms. The van der Waals surface area contributed by atoms with Gasteiger partial charge in [-0.15, -0.1) is 15.3 Å². The number of rotatable bonds is 6. The van der Waals surface area contributed by atoms with Crippen molar-refractivity contribution >= 4 is 23.1 Å². The molecule has 1 aromatic carbocycles. The number of anilines is 2. The third-order valence-corrected chi connectivity index (χ3v) is 3.25. The van der Waals surface area contributed by atoms with Gasteiger partial charge in [-0.1, -0.05) is 6.07 Å². The van der Waals surface area contributed by atoms with E-state index in [1.54, 1.807) is 10.6 Å². The third kappa shape index (κ3) is 3.78. The third-order valence-electron chi connectivity index (χ3n) is 3.25. The number of ether oxygens (including phenoxy) is 1. The molecule has 0 saturated heterocycles. The van der Waals surface area contributed by atoms with Gasteiger partial charge in [-0.05, 0) is 31.2 Å². The Labute approximate surface area is 138 Å². The van der Waals surface area contributed by atoms with Crippen LogP contribution in [0, 0.1) is 6.92 Å². The van der Waals surface area contributed by atoms with Crippen LogP contribution in [0.25, 0.3) is 5.65 Å². The van der Waals surface area contributed by atoms with Crippen LogP contribution in [0.4, 0.5) is 11.5 Å². The predicted octanol–water partition coefficient (Wildman–Crippen LogP) is 1.88. The van der Waals surface area contributed by atoms with E-state index < -0.39 is 0 Å². The maximum atomic E-state index is 11.1. The molecule has 3 aromatic rings. The number of nitrogens with one attached hydrogen (secondary N) is 2. The molecule has 2 aromatic heterocycles. The zero-order valence-electron chi connectivity index (χ0n) is 13.5. The Morgan fingerprint density at radius 3 is 2.96 bits per heavy atom. The molecule has 2 heterocycles. The van der Waals surface area contributed by atoms with Crippen LogP contribution in [0.3, 0.4) is 0 Å². The molecule has 0 bridgehead atoms. The van der Waals surface area contributed by atoms with Crippen molar-refractivity contribution in [2.45, 2.75) is 13.8 Å². The van der Waals surface area contributed by atoms with Crippen molar-refractivity contribution in [3.05, 3.63) is 42.2 Å². The van der Waals surface area contributed by atoms with Gasteiger partial charge in [-0.3, -0.25) is 4.79 Å². The highest BCUT2D eigenvalue weighted by molar-refractivity contribution is 5.88. The number of carbonyl (C=O) groups is 1. The number of hydrogen-bond acceptors (Lipinski definition) is 6. The van der Waals surface area contributed by atoms with Gasteiger partial charge in [-0.25, -0.2) is 0 Å². The van der Waals surface area contributed by atoms with Crippen LogP contribution >= 0.6 is 0 Å². The highest BCUT2D eigenvalue weighted by atomic mass is 16.5. The average molecular weight is 326 g/mol. The first-order valence-electron chi connectivity index (χ1n) is 7.55. The van der Waals surface area contributed by atoms with E-state index in [1.807, 2.05) is 37.3 Å². The number of amides is 1. The first-order valence-corrected chi connectivity index (χ1v) is 7.55. The summed E-state index contributed by atoms with van der Waals surface area (Å²) in [6.45, 7) is 4.37. The minimum atomic E-state index is -0.112. The van der Waals surface area contributed by atoms with E-state index in [0.717, 1.165) is 11.6 Å². The minimum absolute atomic E-state index is 0.112. The summed E-state index contributed by atoms with van der Waals surface area (Å²) in [7, 11) is 0. The van der Waals surface area contributed by atoms with Crippen LogP contribution in [-0.2, 0) is 4.79 Å². The molecule has 0 aliphatic heterocycles. The molecule has 0 radical (unpaired) electrons. The number of nitrogens with zero attached hydrogens (tertiary/aromatic N) is 4. The van der Waals surface area contributed by atoms with Gasteiger partial charge in [0, 0.05) is 18.7 Å². The Balaban J connectivity index is 1.52. The average Bonchev–Trinajstić information content (AvgIpc) is 2.92. The fourth-order valence-electron chi connectivity index (χ4n) is 2.21. The number of benzene rings is 1. The maximum absolute atomic E-state index is 11.1. The highest BCUT2D eigenvalue weighted by Gasteiger charge is 2.03. The normalized spacial score (nSPS) is 10.6. The number of aryl methyl sites for hydroxylation is 1. The molecule has 0 saturated carbocycles. The van der Waals surface area contributed by atoms with Gasteiger partial charge < -0.3 is 15.4 Å². The van der Waals surface area contributed by atoms with Crippen LogP contribution in [-0.4, -0.2) is 38.9 Å². The summed E-state index contributed by atoms with van der Waals surface area (Å²) in [6.07, 6.45) is 0. The van der Waals surface area contributed by atoms with Gasteiger partial charge in [0.05, 0.1) is 6.54 Å². The second-order valence-electron chi connectivity index (χ2n) is 5.22.